The van der Waals surface area contributed by atoms with Crippen LogP contribution >= 0.6 is 0 Å². The highest BCUT2D eigenvalue weighted by atomic mass is 16.5. The largest absolute Gasteiger partial charge is 0.367 e. The number of hydrogen-bond acceptors (Lipinski definition) is 1. The Morgan fingerprint density at radius 1 is 1.27 bits per heavy atom. The second-order valence-corrected chi connectivity index (χ2v) is 2.36. The zero-order valence-corrected chi connectivity index (χ0v) is 7.00. The van der Waals surface area contributed by atoms with Gasteiger partial charge in [0.1, 0.15) is 6.10 Å². The minimum Gasteiger partial charge on any atom is -0.367 e. The first-order valence-corrected chi connectivity index (χ1v) is 3.86. The van der Waals surface area contributed by atoms with E-state index in [0.717, 1.165) is 18.3 Å². The third-order valence-electron chi connectivity index (χ3n) is 1.54. The maximum absolute atomic E-state index is 5.34. The molecule has 0 fully saturated rings. The molecule has 1 nitrogen and oxygen atoms in total. The molecule has 0 atom stereocenters. The molecular weight excluding hydrogens is 136 g/mol. The van der Waals surface area contributed by atoms with Crippen molar-refractivity contribution in [1.82, 2.24) is 0 Å². The van der Waals surface area contributed by atoms with E-state index < -0.39 is 0 Å². The van der Waals surface area contributed by atoms with Gasteiger partial charge in [-0.25, -0.2) is 0 Å². The summed E-state index contributed by atoms with van der Waals surface area (Å²) in [5.74, 6) is 0. The number of ether oxygens (including phenoxy) is 1. The summed E-state index contributed by atoms with van der Waals surface area (Å²) in [6, 6.07) is 10.1. The first kappa shape index (κ1) is 8.28. The van der Waals surface area contributed by atoms with Crippen molar-refractivity contribution < 1.29 is 4.74 Å². The Labute approximate surface area is 68.0 Å². The van der Waals surface area contributed by atoms with Crippen LogP contribution in [0.15, 0.2) is 30.3 Å². The van der Waals surface area contributed by atoms with E-state index in [1.54, 1.807) is 0 Å². The Kier molecular flexibility index (Phi) is 3.12. The van der Waals surface area contributed by atoms with Gasteiger partial charge in [0.05, 0.1) is 0 Å². The van der Waals surface area contributed by atoms with Crippen LogP contribution in [0.4, 0.5) is 0 Å². The Morgan fingerprint density at radius 2 is 1.91 bits per heavy atom. The summed E-state index contributed by atoms with van der Waals surface area (Å²) in [7, 11) is 0. The summed E-state index contributed by atoms with van der Waals surface area (Å²) in [6.07, 6.45) is 0.994. The van der Waals surface area contributed by atoms with Crippen LogP contribution in [-0.4, -0.2) is 6.61 Å². The van der Waals surface area contributed by atoms with Gasteiger partial charge in [-0.3, -0.25) is 0 Å². The van der Waals surface area contributed by atoms with E-state index in [-0.39, 0.29) is 0 Å². The van der Waals surface area contributed by atoms with Gasteiger partial charge in [-0.15, -0.1) is 0 Å². The fourth-order valence-corrected chi connectivity index (χ4v) is 0.973. The van der Waals surface area contributed by atoms with Crippen LogP contribution in [0.5, 0.6) is 0 Å². The van der Waals surface area contributed by atoms with Crippen molar-refractivity contribution in [1.29, 1.82) is 0 Å². The predicted octanol–water partition coefficient (Wildman–Crippen LogP) is 2.62. The summed E-state index contributed by atoms with van der Waals surface area (Å²) in [4.78, 5) is 0. The van der Waals surface area contributed by atoms with Gasteiger partial charge in [0, 0.05) is 6.61 Å². The standard InChI is InChI=1S/C10H13O/c1-3-11-9(2)10-7-5-4-6-8-10/h4-8H,3H2,1-2H3. The first-order chi connectivity index (χ1) is 5.34. The Balaban J connectivity index is 2.61. The van der Waals surface area contributed by atoms with Crippen LogP contribution in [0.1, 0.15) is 19.4 Å². The number of rotatable bonds is 3. The quantitative estimate of drug-likeness (QED) is 0.642. The summed E-state index contributed by atoms with van der Waals surface area (Å²) in [5, 5.41) is 0. The van der Waals surface area contributed by atoms with Gasteiger partial charge in [0.15, 0.2) is 0 Å². The Bertz CT molecular complexity index is 193. The molecule has 0 amide bonds. The molecule has 1 heteroatoms. The van der Waals surface area contributed by atoms with Crippen molar-refractivity contribution in [3.05, 3.63) is 42.0 Å². The fourth-order valence-electron chi connectivity index (χ4n) is 0.973. The summed E-state index contributed by atoms with van der Waals surface area (Å²) in [6.45, 7) is 4.71. The molecule has 1 aromatic rings. The van der Waals surface area contributed by atoms with Crippen LogP contribution in [0, 0.1) is 6.10 Å². The number of hydrogen-bond donors (Lipinski definition) is 0. The van der Waals surface area contributed by atoms with Crippen molar-refractivity contribution >= 4 is 0 Å². The molecule has 1 aromatic carbocycles. The van der Waals surface area contributed by atoms with Gasteiger partial charge >= 0.3 is 0 Å². The molecule has 1 radical (unpaired) electrons. The van der Waals surface area contributed by atoms with Crippen LogP contribution in [0.3, 0.4) is 0 Å². The topological polar surface area (TPSA) is 9.23 Å². The van der Waals surface area contributed by atoms with E-state index in [4.69, 9.17) is 4.74 Å². The lowest BCUT2D eigenvalue weighted by atomic mass is 10.1. The molecule has 0 unspecified atom stereocenters. The molecule has 0 aliphatic heterocycles. The molecule has 0 saturated heterocycles. The smallest absolute Gasteiger partial charge is 0.123 e. The molecule has 0 saturated carbocycles. The van der Waals surface area contributed by atoms with Gasteiger partial charge in [-0.1, -0.05) is 30.3 Å². The third kappa shape index (κ3) is 2.35. The fraction of sp³-hybridized carbons (Fsp3) is 0.300. The Hall–Kier alpha value is -0.820. The first-order valence-electron chi connectivity index (χ1n) is 3.86. The van der Waals surface area contributed by atoms with Crippen molar-refractivity contribution in [2.45, 2.75) is 13.8 Å². The minimum atomic E-state index is 0.737. The van der Waals surface area contributed by atoms with Crippen LogP contribution in [0.2, 0.25) is 0 Å². The van der Waals surface area contributed by atoms with Crippen molar-refractivity contribution in [3.8, 4) is 0 Å². The molecule has 0 bridgehead atoms. The van der Waals surface area contributed by atoms with Gasteiger partial charge in [0.2, 0.25) is 0 Å². The third-order valence-corrected chi connectivity index (χ3v) is 1.54. The molecule has 0 aliphatic rings. The average molecular weight is 149 g/mol. The lowest BCUT2D eigenvalue weighted by Gasteiger charge is -2.09. The van der Waals surface area contributed by atoms with E-state index in [0.29, 0.717) is 0 Å². The van der Waals surface area contributed by atoms with E-state index in [1.807, 2.05) is 44.2 Å². The molecule has 1 rings (SSSR count). The van der Waals surface area contributed by atoms with Crippen LogP contribution in [-0.2, 0) is 4.74 Å². The SMILES string of the molecule is CCO[C](C)c1ccccc1. The van der Waals surface area contributed by atoms with E-state index in [2.05, 4.69) is 0 Å². The normalized spacial score (nSPS) is 10.5. The van der Waals surface area contributed by atoms with Crippen molar-refractivity contribution in [2.24, 2.45) is 0 Å². The zero-order chi connectivity index (χ0) is 8.10. The van der Waals surface area contributed by atoms with E-state index >= 15 is 0 Å². The van der Waals surface area contributed by atoms with E-state index in [1.165, 1.54) is 0 Å². The minimum absolute atomic E-state index is 0.737. The predicted molar refractivity (Wildman–Crippen MR) is 46.1 cm³/mol. The molecule has 0 aromatic heterocycles. The molecule has 11 heavy (non-hydrogen) atoms. The maximum atomic E-state index is 5.34. The number of benzene rings is 1. The molecule has 59 valence electrons. The zero-order valence-electron chi connectivity index (χ0n) is 7.00. The summed E-state index contributed by atoms with van der Waals surface area (Å²) in [5.41, 5.74) is 1.16. The second-order valence-electron chi connectivity index (χ2n) is 2.36. The second kappa shape index (κ2) is 4.14. The summed E-state index contributed by atoms with van der Waals surface area (Å²) < 4.78 is 5.34. The van der Waals surface area contributed by atoms with Crippen LogP contribution in [0.25, 0.3) is 0 Å². The lowest BCUT2D eigenvalue weighted by Crippen LogP contribution is -1.99. The van der Waals surface area contributed by atoms with Crippen molar-refractivity contribution in [3.63, 3.8) is 0 Å². The highest BCUT2D eigenvalue weighted by Gasteiger charge is 2.03. The molecule has 0 spiro atoms. The monoisotopic (exact) mass is 149 g/mol. The van der Waals surface area contributed by atoms with Gasteiger partial charge < -0.3 is 4.74 Å². The highest BCUT2D eigenvalue weighted by Crippen LogP contribution is 2.13. The lowest BCUT2D eigenvalue weighted by molar-refractivity contribution is 0.181. The van der Waals surface area contributed by atoms with Gasteiger partial charge in [-0.05, 0) is 19.4 Å². The molecule has 0 aliphatic carbocycles. The van der Waals surface area contributed by atoms with E-state index in [9.17, 15) is 0 Å². The van der Waals surface area contributed by atoms with Gasteiger partial charge in [-0.2, -0.15) is 0 Å². The van der Waals surface area contributed by atoms with Crippen molar-refractivity contribution in [2.75, 3.05) is 6.61 Å². The molecule has 0 N–H and O–H groups in total. The van der Waals surface area contributed by atoms with Gasteiger partial charge in [0.25, 0.3) is 0 Å². The molecule has 0 heterocycles. The average Bonchev–Trinajstić information content (AvgIpc) is 2.07. The summed E-state index contributed by atoms with van der Waals surface area (Å²) >= 11 is 0. The maximum Gasteiger partial charge on any atom is 0.123 e. The van der Waals surface area contributed by atoms with Crippen LogP contribution < -0.4 is 0 Å². The molecular formula is C10H13O. The Morgan fingerprint density at radius 3 is 2.45 bits per heavy atom. The highest BCUT2D eigenvalue weighted by molar-refractivity contribution is 5.25.